The predicted octanol–water partition coefficient (Wildman–Crippen LogP) is 6.31. The summed E-state index contributed by atoms with van der Waals surface area (Å²) in [6.07, 6.45) is 2.65. The number of nitrogens with zero attached hydrogens (tertiary/aromatic N) is 3. The zero-order valence-corrected chi connectivity index (χ0v) is 20.6. The molecule has 0 saturated heterocycles. The van der Waals surface area contributed by atoms with Crippen molar-refractivity contribution in [3.8, 4) is 6.07 Å². The summed E-state index contributed by atoms with van der Waals surface area (Å²) in [6, 6.07) is 27.8. The van der Waals surface area contributed by atoms with Crippen molar-refractivity contribution in [3.63, 3.8) is 0 Å². The fourth-order valence-corrected chi connectivity index (χ4v) is 3.49. The highest BCUT2D eigenvalue weighted by Crippen LogP contribution is 2.26. The van der Waals surface area contributed by atoms with Gasteiger partial charge in [-0.15, -0.1) is 0 Å². The lowest BCUT2D eigenvalue weighted by Crippen LogP contribution is -2.38. The van der Waals surface area contributed by atoms with Crippen LogP contribution in [0.5, 0.6) is 0 Å². The fourth-order valence-electron chi connectivity index (χ4n) is 3.49. The Bertz CT molecular complexity index is 1380. The highest BCUT2D eigenvalue weighted by atomic mass is 19.1. The Labute approximate surface area is 216 Å². The molecular formula is C30H28FN5O. The van der Waals surface area contributed by atoms with Crippen molar-refractivity contribution >= 4 is 23.2 Å². The van der Waals surface area contributed by atoms with E-state index in [1.165, 1.54) is 40.9 Å². The van der Waals surface area contributed by atoms with Gasteiger partial charge in [-0.1, -0.05) is 62.0 Å². The van der Waals surface area contributed by atoms with Crippen LogP contribution in [0.15, 0.2) is 104 Å². The van der Waals surface area contributed by atoms with Crippen LogP contribution in [0.3, 0.4) is 0 Å². The maximum Gasteiger partial charge on any atom is 0.326 e. The molecule has 0 atom stereocenters. The summed E-state index contributed by atoms with van der Waals surface area (Å²) in [7, 11) is 0. The normalized spacial score (nSPS) is 9.86. The minimum Gasteiger partial charge on any atom is -0.384 e. The highest BCUT2D eigenvalue weighted by Gasteiger charge is 2.21. The van der Waals surface area contributed by atoms with Gasteiger partial charge in [-0.05, 0) is 60.0 Å². The van der Waals surface area contributed by atoms with Crippen LogP contribution in [0, 0.1) is 17.1 Å². The molecule has 0 aliphatic rings. The van der Waals surface area contributed by atoms with Crippen molar-refractivity contribution in [2.45, 2.75) is 19.9 Å². The number of nitrogens with one attached hydrogen (secondary N) is 1. The summed E-state index contributed by atoms with van der Waals surface area (Å²) in [5.74, 6) is -0.137. The van der Waals surface area contributed by atoms with Gasteiger partial charge in [0.25, 0.3) is 0 Å². The Hall–Kier alpha value is -4.96. The Morgan fingerprint density at radius 1 is 1.05 bits per heavy atom. The van der Waals surface area contributed by atoms with Crippen molar-refractivity contribution in [2.75, 3.05) is 10.6 Å². The Morgan fingerprint density at radius 3 is 2.35 bits per heavy atom. The molecule has 0 fully saturated rings. The van der Waals surface area contributed by atoms with E-state index in [0.717, 1.165) is 6.42 Å². The number of anilines is 2. The van der Waals surface area contributed by atoms with Crippen molar-refractivity contribution < 1.29 is 9.18 Å². The summed E-state index contributed by atoms with van der Waals surface area (Å²) in [5, 5.41) is 12.0. The van der Waals surface area contributed by atoms with Crippen LogP contribution >= 0.6 is 0 Å². The van der Waals surface area contributed by atoms with Crippen molar-refractivity contribution in [1.29, 1.82) is 5.26 Å². The Kier molecular flexibility index (Phi) is 9.51. The second kappa shape index (κ2) is 13.2. The van der Waals surface area contributed by atoms with Gasteiger partial charge < -0.3 is 11.1 Å². The number of hydrogen-bond donors (Lipinski definition) is 2. The number of pyridine rings is 1. The molecule has 7 heteroatoms. The monoisotopic (exact) mass is 493 g/mol. The molecular weight excluding hydrogens is 465 g/mol. The SMILES string of the molecule is C=C(c1ccnc(N)c1)N(C(=O)NCc1ccccc1C#N)c1ccc(F)cc1.CCc1ccccc1. The van der Waals surface area contributed by atoms with E-state index in [9.17, 15) is 14.4 Å². The van der Waals surface area contributed by atoms with Crippen molar-refractivity contribution in [1.82, 2.24) is 10.3 Å². The van der Waals surface area contributed by atoms with Crippen LogP contribution < -0.4 is 16.0 Å². The average Bonchev–Trinajstić information content (AvgIpc) is 2.94. The maximum absolute atomic E-state index is 13.4. The van der Waals surface area contributed by atoms with E-state index >= 15 is 0 Å². The molecule has 4 rings (SSSR count). The topological polar surface area (TPSA) is 95.0 Å². The minimum absolute atomic E-state index is 0.145. The molecule has 6 nitrogen and oxygen atoms in total. The minimum atomic E-state index is -0.482. The molecule has 3 aromatic carbocycles. The van der Waals surface area contributed by atoms with Crippen LogP contribution in [0.25, 0.3) is 5.70 Å². The van der Waals surface area contributed by atoms with E-state index in [1.54, 1.807) is 36.4 Å². The summed E-state index contributed by atoms with van der Waals surface area (Å²) in [5.41, 5.74) is 9.68. The zero-order valence-electron chi connectivity index (χ0n) is 20.6. The number of nitrogens with two attached hydrogens (primary N) is 1. The van der Waals surface area contributed by atoms with E-state index in [1.807, 2.05) is 6.07 Å². The molecule has 0 unspecified atom stereocenters. The number of carbonyl (C=O) groups is 1. The molecule has 0 aliphatic carbocycles. The maximum atomic E-state index is 13.4. The molecule has 0 aliphatic heterocycles. The number of rotatable bonds is 6. The summed E-state index contributed by atoms with van der Waals surface area (Å²) in [6.45, 7) is 6.32. The number of aryl methyl sites for hydroxylation is 1. The first kappa shape index (κ1) is 26.6. The molecule has 1 heterocycles. The van der Waals surface area contributed by atoms with Gasteiger partial charge in [0.05, 0.1) is 23.0 Å². The lowest BCUT2D eigenvalue weighted by Gasteiger charge is -2.25. The standard InChI is InChI=1S/C22H18FN5O.C8H10/c1-15(16-10-11-26-21(25)12-16)28(20-8-6-19(23)7-9-20)22(29)27-14-18-5-3-2-4-17(18)13-24;1-2-8-6-4-3-5-7-8/h2-12H,1,14H2,(H2,25,26)(H,27,29);3-7H,2H2,1H3. The van der Waals surface area contributed by atoms with Crippen LogP contribution in [-0.2, 0) is 13.0 Å². The van der Waals surface area contributed by atoms with Crippen LogP contribution in [0.1, 0.15) is 29.2 Å². The summed E-state index contributed by atoms with van der Waals surface area (Å²) in [4.78, 5) is 18.3. The second-order valence-electron chi connectivity index (χ2n) is 7.99. The second-order valence-corrected chi connectivity index (χ2v) is 7.99. The number of carbonyl (C=O) groups excluding carboxylic acids is 1. The molecule has 0 spiro atoms. The third kappa shape index (κ3) is 7.51. The van der Waals surface area contributed by atoms with Gasteiger partial charge in [-0.25, -0.2) is 14.2 Å². The number of nitriles is 1. The zero-order chi connectivity index (χ0) is 26.6. The van der Waals surface area contributed by atoms with Gasteiger partial charge in [-0.2, -0.15) is 5.26 Å². The Morgan fingerprint density at radius 2 is 1.73 bits per heavy atom. The molecule has 4 aromatic rings. The van der Waals surface area contributed by atoms with E-state index in [-0.39, 0.29) is 12.4 Å². The first-order valence-electron chi connectivity index (χ1n) is 11.7. The predicted molar refractivity (Wildman–Crippen MR) is 146 cm³/mol. The first-order chi connectivity index (χ1) is 17.9. The highest BCUT2D eigenvalue weighted by molar-refractivity contribution is 6.04. The number of hydrogen-bond acceptors (Lipinski definition) is 4. The third-order valence-corrected chi connectivity index (χ3v) is 5.49. The number of amides is 2. The van der Waals surface area contributed by atoms with Gasteiger partial charge in [0.15, 0.2) is 0 Å². The summed E-state index contributed by atoms with van der Waals surface area (Å²) >= 11 is 0. The lowest BCUT2D eigenvalue weighted by atomic mass is 10.1. The van der Waals surface area contributed by atoms with E-state index in [0.29, 0.717) is 28.1 Å². The van der Waals surface area contributed by atoms with Gasteiger partial charge in [0, 0.05) is 18.3 Å². The fraction of sp³-hybridized carbons (Fsp3) is 0.100. The van der Waals surface area contributed by atoms with Gasteiger partial charge >= 0.3 is 6.03 Å². The summed E-state index contributed by atoms with van der Waals surface area (Å²) < 4.78 is 13.4. The molecule has 37 heavy (non-hydrogen) atoms. The molecule has 0 bridgehead atoms. The van der Waals surface area contributed by atoms with Gasteiger partial charge in [-0.3, -0.25) is 4.90 Å². The first-order valence-corrected chi connectivity index (χ1v) is 11.7. The largest absolute Gasteiger partial charge is 0.384 e. The van der Waals surface area contributed by atoms with E-state index < -0.39 is 11.8 Å². The lowest BCUT2D eigenvalue weighted by molar-refractivity contribution is 0.248. The molecule has 1 aromatic heterocycles. The Balaban J connectivity index is 0.000000405. The van der Waals surface area contributed by atoms with Crippen molar-refractivity contribution in [3.05, 3.63) is 132 Å². The number of nitrogen functional groups attached to an aromatic ring is 1. The molecule has 3 N–H and O–H groups in total. The van der Waals surface area contributed by atoms with Crippen LogP contribution in [0.4, 0.5) is 20.7 Å². The van der Waals surface area contributed by atoms with E-state index in [2.05, 4.69) is 54.1 Å². The van der Waals surface area contributed by atoms with E-state index in [4.69, 9.17) is 5.73 Å². The third-order valence-electron chi connectivity index (χ3n) is 5.49. The quantitative estimate of drug-likeness (QED) is 0.329. The number of aromatic nitrogens is 1. The van der Waals surface area contributed by atoms with Gasteiger partial charge in [0.2, 0.25) is 0 Å². The number of urea groups is 1. The van der Waals surface area contributed by atoms with Crippen LogP contribution in [-0.4, -0.2) is 11.0 Å². The number of halogens is 1. The van der Waals surface area contributed by atoms with Gasteiger partial charge in [0.1, 0.15) is 11.6 Å². The molecule has 2 amide bonds. The average molecular weight is 494 g/mol. The smallest absolute Gasteiger partial charge is 0.326 e. The molecule has 0 saturated carbocycles. The molecule has 0 radical (unpaired) electrons. The number of benzene rings is 3. The van der Waals surface area contributed by atoms with Crippen molar-refractivity contribution in [2.24, 2.45) is 0 Å². The van der Waals surface area contributed by atoms with Crippen LogP contribution in [0.2, 0.25) is 0 Å². The molecule has 186 valence electrons.